The van der Waals surface area contributed by atoms with E-state index in [-0.39, 0.29) is 24.8 Å². The predicted octanol–water partition coefficient (Wildman–Crippen LogP) is 2.97. The van der Waals surface area contributed by atoms with Crippen molar-refractivity contribution in [2.75, 3.05) is 32.7 Å². The lowest BCUT2D eigenvalue weighted by Crippen LogP contribution is -2.51. The molecule has 2 rings (SSSR count). The van der Waals surface area contributed by atoms with Gasteiger partial charge in [0.2, 0.25) is 11.8 Å². The van der Waals surface area contributed by atoms with Crippen molar-refractivity contribution in [2.45, 2.75) is 45.6 Å². The summed E-state index contributed by atoms with van der Waals surface area (Å²) >= 11 is 3.51. The molecule has 0 unspecified atom stereocenters. The summed E-state index contributed by atoms with van der Waals surface area (Å²) in [6.45, 7) is 7.72. The molecule has 1 aliphatic rings. The summed E-state index contributed by atoms with van der Waals surface area (Å²) in [5.74, 6) is 0.0841. The van der Waals surface area contributed by atoms with Crippen LogP contribution in [0.15, 0.2) is 28.7 Å². The van der Waals surface area contributed by atoms with Crippen molar-refractivity contribution in [1.29, 1.82) is 0 Å². The van der Waals surface area contributed by atoms with Gasteiger partial charge in [0.15, 0.2) is 0 Å². The van der Waals surface area contributed by atoms with Crippen LogP contribution < -0.4 is 5.32 Å². The molecule has 0 bridgehead atoms. The Hall–Kier alpha value is -2.09. The van der Waals surface area contributed by atoms with E-state index in [0.29, 0.717) is 39.0 Å². The predicted molar refractivity (Wildman–Crippen MR) is 114 cm³/mol. The van der Waals surface area contributed by atoms with Gasteiger partial charge in [-0.1, -0.05) is 34.1 Å². The van der Waals surface area contributed by atoms with Crippen LogP contribution in [0, 0.1) is 0 Å². The van der Waals surface area contributed by atoms with Gasteiger partial charge >= 0.3 is 6.09 Å². The molecule has 1 aliphatic heterocycles. The zero-order chi connectivity index (χ0) is 21.4. The van der Waals surface area contributed by atoms with Gasteiger partial charge in [-0.2, -0.15) is 0 Å². The molecule has 1 heterocycles. The SMILES string of the molecule is CC(C)(C)OC(=O)NCCC(=O)N1CCN(C(=O)CCc2ccccc2Br)CC1. The van der Waals surface area contributed by atoms with Crippen LogP contribution in [0.5, 0.6) is 0 Å². The van der Waals surface area contributed by atoms with Gasteiger partial charge in [-0.15, -0.1) is 0 Å². The van der Waals surface area contributed by atoms with Crippen LogP contribution in [0.25, 0.3) is 0 Å². The van der Waals surface area contributed by atoms with Gasteiger partial charge in [-0.25, -0.2) is 4.79 Å². The molecule has 1 aromatic rings. The van der Waals surface area contributed by atoms with Crippen LogP contribution in [0.3, 0.4) is 0 Å². The Bertz CT molecular complexity index is 725. The van der Waals surface area contributed by atoms with Crippen molar-refractivity contribution in [3.63, 3.8) is 0 Å². The van der Waals surface area contributed by atoms with Gasteiger partial charge in [0, 0.05) is 50.0 Å². The summed E-state index contributed by atoms with van der Waals surface area (Å²) in [4.78, 5) is 40.0. The Morgan fingerprint density at radius 1 is 1.00 bits per heavy atom. The minimum atomic E-state index is -0.562. The van der Waals surface area contributed by atoms with Gasteiger partial charge < -0.3 is 19.9 Å². The monoisotopic (exact) mass is 467 g/mol. The minimum absolute atomic E-state index is 0.0265. The Kier molecular flexibility index (Phi) is 8.49. The molecule has 0 radical (unpaired) electrons. The fourth-order valence-electron chi connectivity index (χ4n) is 3.05. The highest BCUT2D eigenvalue weighted by Gasteiger charge is 2.24. The van der Waals surface area contributed by atoms with Crippen LogP contribution >= 0.6 is 15.9 Å². The fourth-order valence-corrected chi connectivity index (χ4v) is 3.53. The third-order valence-corrected chi connectivity index (χ3v) is 5.33. The van der Waals surface area contributed by atoms with Gasteiger partial charge in [0.25, 0.3) is 0 Å². The molecule has 0 atom stereocenters. The molecule has 3 amide bonds. The summed E-state index contributed by atoms with van der Waals surface area (Å²) in [7, 11) is 0. The molecule has 0 saturated carbocycles. The third kappa shape index (κ3) is 8.04. The zero-order valence-electron chi connectivity index (χ0n) is 17.4. The number of nitrogens with zero attached hydrogens (tertiary/aromatic N) is 2. The van der Waals surface area contributed by atoms with E-state index in [1.54, 1.807) is 25.7 Å². The molecule has 0 spiro atoms. The molecule has 0 aromatic heterocycles. The minimum Gasteiger partial charge on any atom is -0.444 e. The fraction of sp³-hybridized carbons (Fsp3) is 0.571. The third-order valence-electron chi connectivity index (χ3n) is 4.56. The van der Waals surface area contributed by atoms with Crippen molar-refractivity contribution in [3.8, 4) is 0 Å². The molecule has 1 fully saturated rings. The molecule has 0 aliphatic carbocycles. The highest BCUT2D eigenvalue weighted by Crippen LogP contribution is 2.18. The van der Waals surface area contributed by atoms with Crippen molar-refractivity contribution >= 4 is 33.8 Å². The Morgan fingerprint density at radius 3 is 2.10 bits per heavy atom. The Labute approximate surface area is 180 Å². The summed E-state index contributed by atoms with van der Waals surface area (Å²) in [6, 6.07) is 7.91. The summed E-state index contributed by atoms with van der Waals surface area (Å²) in [5.41, 5.74) is 0.556. The molecular weight excluding hydrogens is 438 g/mol. The smallest absolute Gasteiger partial charge is 0.407 e. The molecule has 1 saturated heterocycles. The second-order valence-corrected chi connectivity index (χ2v) is 8.89. The number of alkyl carbamates (subject to hydrolysis) is 1. The number of benzene rings is 1. The first kappa shape index (κ1) is 23.2. The lowest BCUT2D eigenvalue weighted by Gasteiger charge is -2.35. The van der Waals surface area contributed by atoms with E-state index in [1.807, 2.05) is 29.2 Å². The summed E-state index contributed by atoms with van der Waals surface area (Å²) in [6.07, 6.45) is 0.840. The number of hydrogen-bond acceptors (Lipinski definition) is 4. The van der Waals surface area contributed by atoms with Crippen LogP contribution in [-0.4, -0.2) is 66.0 Å². The second kappa shape index (κ2) is 10.6. The Balaban J connectivity index is 1.67. The molecule has 1 N–H and O–H groups in total. The van der Waals surface area contributed by atoms with Gasteiger partial charge in [0.05, 0.1) is 0 Å². The first-order valence-corrected chi connectivity index (χ1v) is 10.7. The van der Waals surface area contributed by atoms with E-state index in [1.165, 1.54) is 0 Å². The average Bonchev–Trinajstić information content (AvgIpc) is 2.65. The number of rotatable bonds is 6. The van der Waals surface area contributed by atoms with Crippen LogP contribution in [0.1, 0.15) is 39.2 Å². The van der Waals surface area contributed by atoms with Crippen molar-refractivity contribution in [3.05, 3.63) is 34.3 Å². The molecule has 160 valence electrons. The van der Waals surface area contributed by atoms with E-state index in [0.717, 1.165) is 10.0 Å². The number of carbonyl (C=O) groups is 3. The van der Waals surface area contributed by atoms with E-state index in [9.17, 15) is 14.4 Å². The number of aryl methyl sites for hydroxylation is 1. The van der Waals surface area contributed by atoms with Crippen LogP contribution in [0.2, 0.25) is 0 Å². The maximum atomic E-state index is 12.5. The summed E-state index contributed by atoms with van der Waals surface area (Å²) < 4.78 is 6.16. The number of hydrogen-bond donors (Lipinski definition) is 1. The number of ether oxygens (including phenoxy) is 1. The number of halogens is 1. The molecular formula is C21H30BrN3O4. The highest BCUT2D eigenvalue weighted by atomic mass is 79.9. The average molecular weight is 468 g/mol. The first-order chi connectivity index (χ1) is 13.7. The first-order valence-electron chi connectivity index (χ1n) is 9.91. The molecule has 1 aromatic carbocycles. The van der Waals surface area contributed by atoms with Crippen LogP contribution in [0.4, 0.5) is 4.79 Å². The Morgan fingerprint density at radius 2 is 1.55 bits per heavy atom. The van der Waals surface area contributed by atoms with E-state index in [4.69, 9.17) is 4.74 Å². The quantitative estimate of drug-likeness (QED) is 0.697. The van der Waals surface area contributed by atoms with Crippen molar-refractivity contribution in [1.82, 2.24) is 15.1 Å². The van der Waals surface area contributed by atoms with Crippen molar-refractivity contribution in [2.24, 2.45) is 0 Å². The largest absolute Gasteiger partial charge is 0.444 e. The maximum absolute atomic E-state index is 12.5. The molecule has 29 heavy (non-hydrogen) atoms. The van der Waals surface area contributed by atoms with E-state index in [2.05, 4.69) is 21.2 Å². The van der Waals surface area contributed by atoms with Crippen molar-refractivity contribution < 1.29 is 19.1 Å². The number of carbonyl (C=O) groups excluding carboxylic acids is 3. The van der Waals surface area contributed by atoms with Gasteiger partial charge in [-0.05, 0) is 38.8 Å². The maximum Gasteiger partial charge on any atom is 0.407 e. The topological polar surface area (TPSA) is 79.0 Å². The molecule has 7 nitrogen and oxygen atoms in total. The number of nitrogens with one attached hydrogen (secondary N) is 1. The second-order valence-electron chi connectivity index (χ2n) is 8.03. The summed E-state index contributed by atoms with van der Waals surface area (Å²) in [5, 5.41) is 2.60. The normalized spacial score (nSPS) is 14.5. The lowest BCUT2D eigenvalue weighted by molar-refractivity contribution is -0.139. The van der Waals surface area contributed by atoms with E-state index >= 15 is 0 Å². The van der Waals surface area contributed by atoms with Crippen LogP contribution in [-0.2, 0) is 20.7 Å². The standard InChI is InChI=1S/C21H30BrN3O4/c1-21(2,3)29-20(28)23-11-10-19(27)25-14-12-24(13-15-25)18(26)9-8-16-6-4-5-7-17(16)22/h4-7H,8-15H2,1-3H3,(H,23,28). The zero-order valence-corrected chi connectivity index (χ0v) is 19.0. The lowest BCUT2D eigenvalue weighted by atomic mass is 10.1. The number of piperazine rings is 1. The van der Waals surface area contributed by atoms with E-state index < -0.39 is 11.7 Å². The number of amides is 3. The van der Waals surface area contributed by atoms with Gasteiger partial charge in [0.1, 0.15) is 5.60 Å². The molecule has 8 heteroatoms. The van der Waals surface area contributed by atoms with Gasteiger partial charge in [-0.3, -0.25) is 9.59 Å². The highest BCUT2D eigenvalue weighted by molar-refractivity contribution is 9.10.